The van der Waals surface area contributed by atoms with Gasteiger partial charge in [-0.05, 0) is 49.0 Å². The third kappa shape index (κ3) is 14.3. The van der Waals surface area contributed by atoms with Crippen LogP contribution in [0.15, 0.2) is 35.7 Å². The van der Waals surface area contributed by atoms with E-state index in [0.717, 1.165) is 12.0 Å². The van der Waals surface area contributed by atoms with E-state index >= 15 is 0 Å². The quantitative estimate of drug-likeness (QED) is 0.104. The van der Waals surface area contributed by atoms with Crippen molar-refractivity contribution in [2.45, 2.75) is 126 Å². The summed E-state index contributed by atoms with van der Waals surface area (Å²) in [4.78, 5) is 71.3. The van der Waals surface area contributed by atoms with Crippen molar-refractivity contribution in [3.8, 4) is 0 Å². The van der Waals surface area contributed by atoms with Crippen LogP contribution in [0, 0.1) is 29.6 Å². The molecule has 2 rings (SSSR count). The molecule has 10 nitrogen and oxygen atoms in total. The summed E-state index contributed by atoms with van der Waals surface area (Å²) in [6.45, 7) is 18.3. The molecular formula is C39H59N3O7S. The molecule has 0 aliphatic rings. The van der Waals surface area contributed by atoms with Gasteiger partial charge >= 0.3 is 11.9 Å². The van der Waals surface area contributed by atoms with Crippen molar-refractivity contribution in [3.63, 3.8) is 0 Å². The molecule has 0 aliphatic carbocycles. The molecule has 0 unspecified atom stereocenters. The molecule has 1 heterocycles. The Hall–Kier alpha value is -3.60. The van der Waals surface area contributed by atoms with Gasteiger partial charge in [0.05, 0.1) is 0 Å². The molecule has 11 heteroatoms. The molecule has 50 heavy (non-hydrogen) atoms. The lowest BCUT2D eigenvalue weighted by Gasteiger charge is -2.38. The number of aromatic nitrogens is 1. The van der Waals surface area contributed by atoms with Crippen LogP contribution in [0.1, 0.15) is 129 Å². The van der Waals surface area contributed by atoms with Gasteiger partial charge in [0.2, 0.25) is 5.91 Å². The van der Waals surface area contributed by atoms with Crippen LogP contribution in [0.25, 0.3) is 0 Å². The zero-order valence-electron chi connectivity index (χ0n) is 31.7. The van der Waals surface area contributed by atoms with E-state index in [1.54, 1.807) is 5.38 Å². The Labute approximate surface area is 303 Å². The molecule has 0 spiro atoms. The third-order valence-electron chi connectivity index (χ3n) is 8.76. The van der Waals surface area contributed by atoms with Crippen molar-refractivity contribution in [1.82, 2.24) is 15.2 Å². The van der Waals surface area contributed by atoms with Gasteiger partial charge in [-0.25, -0.2) is 4.98 Å². The minimum Gasteiger partial charge on any atom is -0.455 e. The molecule has 0 bridgehead atoms. The van der Waals surface area contributed by atoms with Crippen molar-refractivity contribution >= 4 is 40.9 Å². The second-order valence-electron chi connectivity index (χ2n) is 14.7. The normalized spacial score (nSPS) is 14.5. The van der Waals surface area contributed by atoms with Crippen LogP contribution in [0.5, 0.6) is 0 Å². The number of hydrogen-bond donors (Lipinski definition) is 1. The van der Waals surface area contributed by atoms with Crippen LogP contribution in [0.2, 0.25) is 0 Å². The fourth-order valence-corrected chi connectivity index (χ4v) is 6.87. The molecular weight excluding hydrogens is 655 g/mol. The Morgan fingerprint density at radius 1 is 0.900 bits per heavy atom. The number of rotatable bonds is 21. The summed E-state index contributed by atoms with van der Waals surface area (Å²) in [5, 5.41) is 5.23. The number of carbonyl (C=O) groups is 5. The first-order valence-corrected chi connectivity index (χ1v) is 18.8. The van der Waals surface area contributed by atoms with E-state index in [9.17, 15) is 24.0 Å². The average molecular weight is 714 g/mol. The highest BCUT2D eigenvalue weighted by Crippen LogP contribution is 2.33. The van der Waals surface area contributed by atoms with E-state index in [1.807, 2.05) is 71.9 Å². The lowest BCUT2D eigenvalue weighted by molar-refractivity contribution is -0.161. The van der Waals surface area contributed by atoms with Gasteiger partial charge in [0, 0.05) is 49.6 Å². The highest BCUT2D eigenvalue weighted by Gasteiger charge is 2.38. The zero-order valence-corrected chi connectivity index (χ0v) is 32.5. The van der Waals surface area contributed by atoms with Crippen LogP contribution >= 0.6 is 11.3 Å². The van der Waals surface area contributed by atoms with Crippen LogP contribution in [-0.2, 0) is 35.1 Å². The number of nitrogens with zero attached hydrogens (tertiary/aromatic N) is 2. The van der Waals surface area contributed by atoms with Crippen molar-refractivity contribution < 1.29 is 33.4 Å². The summed E-state index contributed by atoms with van der Waals surface area (Å²) in [5.41, 5.74) is 1.35. The minimum atomic E-state index is -0.876. The van der Waals surface area contributed by atoms with Gasteiger partial charge in [0.25, 0.3) is 5.91 Å². The van der Waals surface area contributed by atoms with Gasteiger partial charge in [-0.15, -0.1) is 11.3 Å². The number of hydrogen-bond acceptors (Lipinski definition) is 9. The van der Waals surface area contributed by atoms with Gasteiger partial charge in [-0.3, -0.25) is 19.2 Å². The maximum atomic E-state index is 14.3. The van der Waals surface area contributed by atoms with Gasteiger partial charge in [-0.2, -0.15) is 0 Å². The Balaban J connectivity index is 2.44. The van der Waals surface area contributed by atoms with E-state index in [-0.39, 0.29) is 73.1 Å². The van der Waals surface area contributed by atoms with Crippen molar-refractivity contribution in [1.29, 1.82) is 0 Å². The number of thiazole rings is 1. The standard InChI is InChI=1S/C39H59N3O7S/c1-11-27(8)32(19-28(9)43)39(47)42(23-48-36(45)18-25(4)5)34(26(6)7)21-35(49-29(10)44)38-41-33(22-50-38)37(46)40-31(17-24(2)3)20-30-15-13-12-14-16-30/h12-16,22,24-27,31-32,34-35H,11,17-21,23H2,1-10H3,(H,40,46)/t27-,31+,32-,34+,35+/m0/s1. The first-order valence-electron chi connectivity index (χ1n) is 17.9. The zero-order chi connectivity index (χ0) is 37.5. The van der Waals surface area contributed by atoms with E-state index in [4.69, 9.17) is 9.47 Å². The minimum absolute atomic E-state index is 0.0650. The van der Waals surface area contributed by atoms with Crippen LogP contribution in [-0.4, -0.2) is 58.2 Å². The Morgan fingerprint density at radius 3 is 2.10 bits per heavy atom. The van der Waals surface area contributed by atoms with Gasteiger partial charge in [0.1, 0.15) is 16.5 Å². The number of carbonyl (C=O) groups excluding carboxylic acids is 5. The highest BCUT2D eigenvalue weighted by molar-refractivity contribution is 7.09. The molecule has 0 aliphatic heterocycles. The predicted octanol–water partition coefficient (Wildman–Crippen LogP) is 7.57. The van der Waals surface area contributed by atoms with Crippen LogP contribution in [0.4, 0.5) is 0 Å². The van der Waals surface area contributed by atoms with Gasteiger partial charge < -0.3 is 24.5 Å². The summed E-state index contributed by atoms with van der Waals surface area (Å²) in [6.07, 6.45) is 1.68. The molecule has 5 atom stereocenters. The monoisotopic (exact) mass is 713 g/mol. The molecule has 0 saturated carbocycles. The summed E-state index contributed by atoms with van der Waals surface area (Å²) in [7, 11) is 0. The maximum absolute atomic E-state index is 14.3. The smallest absolute Gasteiger partial charge is 0.307 e. The second-order valence-corrected chi connectivity index (χ2v) is 15.5. The first-order chi connectivity index (χ1) is 23.5. The molecule has 2 amide bonds. The second kappa shape index (κ2) is 20.9. The molecule has 1 aromatic heterocycles. The molecule has 1 aromatic carbocycles. The largest absolute Gasteiger partial charge is 0.455 e. The lowest BCUT2D eigenvalue weighted by Crippen LogP contribution is -2.49. The number of ether oxygens (including phenoxy) is 2. The topological polar surface area (TPSA) is 132 Å². The summed E-state index contributed by atoms with van der Waals surface area (Å²) >= 11 is 1.21. The number of ketones is 1. The van der Waals surface area contributed by atoms with E-state index in [2.05, 4.69) is 24.1 Å². The number of benzene rings is 1. The van der Waals surface area contributed by atoms with Crippen molar-refractivity contribution in [3.05, 3.63) is 52.0 Å². The number of Topliss-reactive ketones (excluding diaryl/α,β-unsaturated/α-hetero) is 1. The molecule has 278 valence electrons. The molecule has 0 fully saturated rings. The number of nitrogens with one attached hydrogen (secondary N) is 1. The summed E-state index contributed by atoms with van der Waals surface area (Å²) in [5.74, 6) is -2.11. The number of amides is 2. The molecule has 1 N–H and O–H groups in total. The predicted molar refractivity (Wildman–Crippen MR) is 196 cm³/mol. The van der Waals surface area contributed by atoms with Crippen molar-refractivity contribution in [2.24, 2.45) is 29.6 Å². The SMILES string of the molecule is CC[C@H](C)[C@H](CC(C)=O)C(=O)N(COC(=O)CC(C)C)[C@H](C[C@@H](OC(C)=O)c1nc(C(=O)N[C@@H](Cc2ccccc2)CC(C)C)cs1)C(C)C. The lowest BCUT2D eigenvalue weighted by atomic mass is 9.85. The highest BCUT2D eigenvalue weighted by atomic mass is 32.1. The summed E-state index contributed by atoms with van der Waals surface area (Å²) < 4.78 is 11.5. The van der Waals surface area contributed by atoms with Gasteiger partial charge in [0.15, 0.2) is 12.8 Å². The first kappa shape index (κ1) is 42.6. The van der Waals surface area contributed by atoms with E-state index in [0.29, 0.717) is 23.8 Å². The van der Waals surface area contributed by atoms with Crippen LogP contribution in [0.3, 0.4) is 0 Å². The summed E-state index contributed by atoms with van der Waals surface area (Å²) in [6, 6.07) is 9.35. The van der Waals surface area contributed by atoms with Crippen LogP contribution < -0.4 is 5.32 Å². The fraction of sp³-hybridized carbons (Fsp3) is 0.641. The van der Waals surface area contributed by atoms with E-state index in [1.165, 1.54) is 30.1 Å². The van der Waals surface area contributed by atoms with Crippen molar-refractivity contribution in [2.75, 3.05) is 6.73 Å². The van der Waals surface area contributed by atoms with Gasteiger partial charge in [-0.1, -0.05) is 92.1 Å². The van der Waals surface area contributed by atoms with E-state index < -0.39 is 30.0 Å². The average Bonchev–Trinajstić information content (AvgIpc) is 3.52. The Kier molecular flexibility index (Phi) is 17.8. The molecule has 0 saturated heterocycles. The third-order valence-corrected chi connectivity index (χ3v) is 9.69. The Bertz CT molecular complexity index is 1390. The Morgan fingerprint density at radius 2 is 1.56 bits per heavy atom. The maximum Gasteiger partial charge on any atom is 0.307 e. The fourth-order valence-electron chi connectivity index (χ4n) is 6.03. The molecule has 0 radical (unpaired) electrons. The molecule has 2 aromatic rings. The number of esters is 2.